The monoisotopic (exact) mass is 234 g/mol. The molecule has 1 heterocycles. The summed E-state index contributed by atoms with van der Waals surface area (Å²) in [6, 6.07) is 6.08. The van der Waals surface area contributed by atoms with E-state index in [0.29, 0.717) is 0 Å². The van der Waals surface area contributed by atoms with Gasteiger partial charge in [-0.1, -0.05) is 26.0 Å². The molecule has 3 nitrogen and oxygen atoms in total. The second-order valence-corrected chi connectivity index (χ2v) is 5.23. The lowest BCUT2D eigenvalue weighted by Crippen LogP contribution is -2.22. The van der Waals surface area contributed by atoms with Crippen molar-refractivity contribution >= 4 is 5.97 Å². The zero-order valence-corrected chi connectivity index (χ0v) is 10.3. The topological polar surface area (TPSA) is 46.5 Å². The van der Waals surface area contributed by atoms with Crippen LogP contribution in [0.2, 0.25) is 0 Å². The van der Waals surface area contributed by atoms with Crippen LogP contribution in [0, 0.1) is 0 Å². The van der Waals surface area contributed by atoms with Crippen molar-refractivity contribution in [2.75, 3.05) is 6.61 Å². The Morgan fingerprint density at radius 1 is 1.47 bits per heavy atom. The van der Waals surface area contributed by atoms with Crippen molar-refractivity contribution in [3.8, 4) is 5.75 Å². The average Bonchev–Trinajstić information content (AvgIpc) is 2.26. The number of carboxylic acid groups (broad SMARTS) is 1. The fraction of sp³-hybridized carbons (Fsp3) is 0.500. The second kappa shape index (κ2) is 4.40. The maximum Gasteiger partial charge on any atom is 0.304 e. The summed E-state index contributed by atoms with van der Waals surface area (Å²) < 4.78 is 5.62. The van der Waals surface area contributed by atoms with E-state index in [2.05, 4.69) is 6.07 Å². The summed E-state index contributed by atoms with van der Waals surface area (Å²) in [6.07, 6.45) is 2.24. The van der Waals surface area contributed by atoms with E-state index < -0.39 is 5.97 Å². The number of hydrogen-bond acceptors (Lipinski definition) is 2. The van der Waals surface area contributed by atoms with Crippen molar-refractivity contribution in [3.05, 3.63) is 29.3 Å². The van der Waals surface area contributed by atoms with E-state index in [9.17, 15) is 4.79 Å². The van der Waals surface area contributed by atoms with Crippen molar-refractivity contribution in [3.63, 3.8) is 0 Å². The Hall–Kier alpha value is -1.51. The summed E-state index contributed by atoms with van der Waals surface area (Å²) >= 11 is 0. The Bertz CT molecular complexity index is 435. The van der Waals surface area contributed by atoms with Gasteiger partial charge < -0.3 is 9.84 Å². The Kier molecular flexibility index (Phi) is 3.09. The molecule has 0 atom stereocenters. The van der Waals surface area contributed by atoms with Crippen LogP contribution in [0.25, 0.3) is 0 Å². The minimum absolute atomic E-state index is 0.131. The molecule has 1 aliphatic rings. The zero-order chi connectivity index (χ0) is 12.5. The summed E-state index contributed by atoms with van der Waals surface area (Å²) in [5.74, 6) is 0.154. The van der Waals surface area contributed by atoms with Gasteiger partial charge in [0.05, 0.1) is 13.0 Å². The van der Waals surface area contributed by atoms with Crippen LogP contribution < -0.4 is 4.74 Å². The van der Waals surface area contributed by atoms with E-state index >= 15 is 0 Å². The molecule has 0 aromatic heterocycles. The molecular weight excluding hydrogens is 216 g/mol. The van der Waals surface area contributed by atoms with Crippen LogP contribution in [0.15, 0.2) is 18.2 Å². The lowest BCUT2D eigenvalue weighted by molar-refractivity contribution is -0.138. The standard InChI is InChI=1S/C14H18O3/c1-14(2,9-13(15)16)11-6-5-10-4-3-7-17-12(10)8-11/h5-6,8H,3-4,7,9H2,1-2H3,(H,15,16). The molecule has 0 aliphatic carbocycles. The van der Waals surface area contributed by atoms with Gasteiger partial charge in [0.1, 0.15) is 5.75 Å². The molecule has 1 aromatic rings. The minimum Gasteiger partial charge on any atom is -0.493 e. The van der Waals surface area contributed by atoms with Crippen LogP contribution in [0.3, 0.4) is 0 Å². The van der Waals surface area contributed by atoms with Gasteiger partial charge >= 0.3 is 5.97 Å². The molecule has 0 radical (unpaired) electrons. The van der Waals surface area contributed by atoms with Crippen molar-refractivity contribution < 1.29 is 14.6 Å². The van der Waals surface area contributed by atoms with Gasteiger partial charge in [-0.15, -0.1) is 0 Å². The Balaban J connectivity index is 2.30. The number of aryl methyl sites for hydroxylation is 1. The molecular formula is C14H18O3. The highest BCUT2D eigenvalue weighted by atomic mass is 16.5. The van der Waals surface area contributed by atoms with Gasteiger partial charge in [0.15, 0.2) is 0 Å². The first-order chi connectivity index (χ1) is 7.99. The molecule has 17 heavy (non-hydrogen) atoms. The number of carbonyl (C=O) groups is 1. The quantitative estimate of drug-likeness (QED) is 0.874. The summed E-state index contributed by atoms with van der Waals surface area (Å²) in [7, 11) is 0. The summed E-state index contributed by atoms with van der Waals surface area (Å²) in [5.41, 5.74) is 1.90. The molecule has 0 bridgehead atoms. The third-order valence-corrected chi connectivity index (χ3v) is 3.29. The van der Waals surface area contributed by atoms with Gasteiger partial charge in [-0.2, -0.15) is 0 Å². The van der Waals surface area contributed by atoms with Gasteiger partial charge in [0, 0.05) is 5.41 Å². The molecule has 0 amide bonds. The first-order valence-electron chi connectivity index (χ1n) is 5.97. The highest BCUT2D eigenvalue weighted by Gasteiger charge is 2.25. The van der Waals surface area contributed by atoms with Crippen LogP contribution in [0.4, 0.5) is 0 Å². The molecule has 2 rings (SSSR count). The smallest absolute Gasteiger partial charge is 0.304 e. The van der Waals surface area contributed by atoms with Crippen molar-refractivity contribution in [2.45, 2.75) is 38.5 Å². The number of fused-ring (bicyclic) bond motifs is 1. The van der Waals surface area contributed by atoms with Crippen molar-refractivity contribution in [2.24, 2.45) is 0 Å². The van der Waals surface area contributed by atoms with Crippen LogP contribution in [-0.4, -0.2) is 17.7 Å². The van der Waals surface area contributed by atoms with Crippen LogP contribution in [0.5, 0.6) is 5.75 Å². The predicted molar refractivity (Wildman–Crippen MR) is 65.5 cm³/mol. The average molecular weight is 234 g/mol. The third-order valence-electron chi connectivity index (χ3n) is 3.29. The maximum absolute atomic E-state index is 10.8. The summed E-state index contributed by atoms with van der Waals surface area (Å²) in [5, 5.41) is 8.92. The third kappa shape index (κ3) is 2.60. The fourth-order valence-corrected chi connectivity index (χ4v) is 2.24. The number of carboxylic acids is 1. The van der Waals surface area contributed by atoms with Crippen molar-refractivity contribution in [1.82, 2.24) is 0 Å². The van der Waals surface area contributed by atoms with E-state index in [4.69, 9.17) is 9.84 Å². The molecule has 0 fully saturated rings. The molecule has 1 aliphatic heterocycles. The Labute approximate surface area is 101 Å². The van der Waals surface area contributed by atoms with Gasteiger partial charge in [0.2, 0.25) is 0 Å². The van der Waals surface area contributed by atoms with E-state index in [0.717, 1.165) is 30.8 Å². The first kappa shape index (κ1) is 12.0. The Morgan fingerprint density at radius 2 is 2.24 bits per heavy atom. The maximum atomic E-state index is 10.8. The number of hydrogen-bond donors (Lipinski definition) is 1. The number of benzene rings is 1. The molecule has 0 unspecified atom stereocenters. The Morgan fingerprint density at radius 3 is 2.94 bits per heavy atom. The van der Waals surface area contributed by atoms with E-state index in [1.807, 2.05) is 26.0 Å². The fourth-order valence-electron chi connectivity index (χ4n) is 2.24. The van der Waals surface area contributed by atoms with Gasteiger partial charge in [0.25, 0.3) is 0 Å². The second-order valence-electron chi connectivity index (χ2n) is 5.23. The molecule has 3 heteroatoms. The lowest BCUT2D eigenvalue weighted by Gasteiger charge is -2.26. The lowest BCUT2D eigenvalue weighted by atomic mass is 9.81. The van der Waals surface area contributed by atoms with E-state index in [-0.39, 0.29) is 11.8 Å². The zero-order valence-electron chi connectivity index (χ0n) is 10.3. The summed E-state index contributed by atoms with van der Waals surface area (Å²) in [4.78, 5) is 10.8. The molecule has 1 N–H and O–H groups in total. The minimum atomic E-state index is -0.770. The highest BCUT2D eigenvalue weighted by molar-refractivity contribution is 5.69. The molecule has 0 spiro atoms. The SMILES string of the molecule is CC(C)(CC(=O)O)c1ccc2c(c1)OCCC2. The van der Waals surface area contributed by atoms with E-state index in [1.54, 1.807) is 0 Å². The van der Waals surface area contributed by atoms with Crippen LogP contribution >= 0.6 is 0 Å². The summed E-state index contributed by atoms with van der Waals surface area (Å²) in [6.45, 7) is 4.66. The van der Waals surface area contributed by atoms with Crippen LogP contribution in [0.1, 0.15) is 37.8 Å². The largest absolute Gasteiger partial charge is 0.493 e. The molecule has 0 saturated heterocycles. The molecule has 1 aromatic carbocycles. The van der Waals surface area contributed by atoms with Gasteiger partial charge in [-0.3, -0.25) is 4.79 Å². The van der Waals surface area contributed by atoms with E-state index in [1.165, 1.54) is 5.56 Å². The van der Waals surface area contributed by atoms with Gasteiger partial charge in [-0.05, 0) is 30.0 Å². The van der Waals surface area contributed by atoms with Crippen LogP contribution in [-0.2, 0) is 16.6 Å². The normalized spacial score (nSPS) is 14.9. The van der Waals surface area contributed by atoms with Crippen molar-refractivity contribution in [1.29, 1.82) is 0 Å². The number of ether oxygens (including phenoxy) is 1. The van der Waals surface area contributed by atoms with Gasteiger partial charge in [-0.25, -0.2) is 0 Å². The number of aliphatic carboxylic acids is 1. The predicted octanol–water partition coefficient (Wildman–Crippen LogP) is 2.76. The molecule has 0 saturated carbocycles. The number of rotatable bonds is 3. The molecule has 92 valence electrons. The first-order valence-corrected chi connectivity index (χ1v) is 5.97. The highest BCUT2D eigenvalue weighted by Crippen LogP contribution is 2.33.